The maximum Gasteiger partial charge on any atom is 0.267 e. The minimum absolute atomic E-state index is 0.0646. The van der Waals surface area contributed by atoms with E-state index in [-0.39, 0.29) is 5.91 Å². The Labute approximate surface area is 260 Å². The lowest BCUT2D eigenvalue weighted by atomic mass is 10.1. The SMILES string of the molecule is COc1cc(/C=C2\SC(=NCc3ccccc3)N(Cc3ccccc3)C2=O)cc(I)c1OCc1ccc(Br)cc1. The average Bonchev–Trinajstić information content (AvgIpc) is 3.26. The van der Waals surface area contributed by atoms with E-state index in [0.29, 0.717) is 41.3 Å². The van der Waals surface area contributed by atoms with Crippen molar-refractivity contribution >= 4 is 67.4 Å². The van der Waals surface area contributed by atoms with Crippen LogP contribution in [0.3, 0.4) is 0 Å². The molecule has 5 nitrogen and oxygen atoms in total. The number of aliphatic imine (C=N–C) groups is 1. The zero-order valence-electron chi connectivity index (χ0n) is 21.7. The van der Waals surface area contributed by atoms with E-state index in [9.17, 15) is 4.79 Å². The van der Waals surface area contributed by atoms with Crippen molar-refractivity contribution in [3.8, 4) is 11.5 Å². The van der Waals surface area contributed by atoms with E-state index in [1.807, 2.05) is 103 Å². The van der Waals surface area contributed by atoms with Gasteiger partial charge in [0.05, 0.1) is 28.7 Å². The van der Waals surface area contributed by atoms with E-state index < -0.39 is 0 Å². The Balaban J connectivity index is 1.40. The fourth-order valence-corrected chi connectivity index (χ4v) is 6.15. The molecule has 0 spiro atoms. The smallest absolute Gasteiger partial charge is 0.267 e. The second-order valence-corrected chi connectivity index (χ2v) is 12.1. The number of amidine groups is 1. The minimum atomic E-state index is -0.0646. The monoisotopic (exact) mass is 724 g/mol. The van der Waals surface area contributed by atoms with Gasteiger partial charge in [0.2, 0.25) is 0 Å². The number of carbonyl (C=O) groups is 1. The van der Waals surface area contributed by atoms with Gasteiger partial charge in [0, 0.05) is 4.47 Å². The Bertz CT molecular complexity index is 1540. The molecular weight excluding hydrogens is 699 g/mol. The molecule has 0 N–H and O–H groups in total. The third-order valence-corrected chi connectivity index (χ3v) is 8.53. The molecule has 5 rings (SSSR count). The quantitative estimate of drug-likeness (QED) is 0.129. The normalized spacial score (nSPS) is 15.2. The van der Waals surface area contributed by atoms with Crippen molar-refractivity contribution in [3.05, 3.63) is 132 Å². The summed E-state index contributed by atoms with van der Waals surface area (Å²) in [6.45, 7) is 1.39. The summed E-state index contributed by atoms with van der Waals surface area (Å²) in [7, 11) is 1.63. The van der Waals surface area contributed by atoms with Gasteiger partial charge in [-0.15, -0.1) is 0 Å². The van der Waals surface area contributed by atoms with Gasteiger partial charge in [0.1, 0.15) is 6.61 Å². The molecule has 1 saturated heterocycles. The van der Waals surface area contributed by atoms with Crippen molar-refractivity contribution in [1.29, 1.82) is 0 Å². The van der Waals surface area contributed by atoms with Gasteiger partial charge >= 0.3 is 0 Å². The van der Waals surface area contributed by atoms with Crippen LogP contribution in [-0.4, -0.2) is 23.1 Å². The summed E-state index contributed by atoms with van der Waals surface area (Å²) < 4.78 is 13.7. The van der Waals surface area contributed by atoms with Crippen molar-refractivity contribution in [3.63, 3.8) is 0 Å². The summed E-state index contributed by atoms with van der Waals surface area (Å²) in [4.78, 5) is 20.8. The van der Waals surface area contributed by atoms with Gasteiger partial charge in [-0.1, -0.05) is 88.7 Å². The van der Waals surface area contributed by atoms with Crippen LogP contribution in [0.25, 0.3) is 6.08 Å². The number of rotatable bonds is 9. The third-order valence-electron chi connectivity index (χ3n) is 6.16. The highest BCUT2D eigenvalue weighted by molar-refractivity contribution is 14.1. The maximum absolute atomic E-state index is 13.6. The summed E-state index contributed by atoms with van der Waals surface area (Å²) >= 11 is 7.12. The molecular formula is C32H26BrIN2O3S. The highest BCUT2D eigenvalue weighted by Crippen LogP contribution is 2.38. The van der Waals surface area contributed by atoms with Gasteiger partial charge in [-0.3, -0.25) is 14.7 Å². The van der Waals surface area contributed by atoms with Gasteiger partial charge in [0.15, 0.2) is 16.7 Å². The number of thioether (sulfide) groups is 1. The predicted molar refractivity (Wildman–Crippen MR) is 174 cm³/mol. The molecule has 40 heavy (non-hydrogen) atoms. The lowest BCUT2D eigenvalue weighted by molar-refractivity contribution is -0.122. The van der Waals surface area contributed by atoms with Crippen LogP contribution in [0.1, 0.15) is 22.3 Å². The summed E-state index contributed by atoms with van der Waals surface area (Å²) in [5.41, 5.74) is 4.06. The van der Waals surface area contributed by atoms with Gasteiger partial charge in [-0.2, -0.15) is 0 Å². The van der Waals surface area contributed by atoms with Crippen LogP contribution in [0.4, 0.5) is 0 Å². The summed E-state index contributed by atoms with van der Waals surface area (Å²) in [6, 6.07) is 32.0. The van der Waals surface area contributed by atoms with Crippen molar-refractivity contribution in [2.24, 2.45) is 4.99 Å². The van der Waals surface area contributed by atoms with Gasteiger partial charge < -0.3 is 9.47 Å². The molecule has 0 atom stereocenters. The number of halogens is 2. The molecule has 8 heteroatoms. The number of hydrogen-bond donors (Lipinski definition) is 0. The molecule has 0 bridgehead atoms. The Hall–Kier alpha value is -3.08. The van der Waals surface area contributed by atoms with Crippen LogP contribution in [0, 0.1) is 3.57 Å². The van der Waals surface area contributed by atoms with Gasteiger partial charge in [0.25, 0.3) is 5.91 Å². The average molecular weight is 725 g/mol. The first-order valence-electron chi connectivity index (χ1n) is 12.6. The van der Waals surface area contributed by atoms with Crippen LogP contribution >= 0.6 is 50.3 Å². The first-order chi connectivity index (χ1) is 19.5. The van der Waals surface area contributed by atoms with Crippen LogP contribution in [0.2, 0.25) is 0 Å². The molecule has 1 aliphatic heterocycles. The number of carbonyl (C=O) groups excluding carboxylic acids is 1. The molecule has 202 valence electrons. The number of ether oxygens (including phenoxy) is 2. The molecule has 4 aromatic carbocycles. The highest BCUT2D eigenvalue weighted by Gasteiger charge is 2.33. The lowest BCUT2D eigenvalue weighted by Gasteiger charge is -2.16. The number of benzene rings is 4. The number of amides is 1. The van der Waals surface area contributed by atoms with E-state index in [0.717, 1.165) is 30.3 Å². The summed E-state index contributed by atoms with van der Waals surface area (Å²) in [5, 5.41) is 0.695. The Morgan fingerprint density at radius 3 is 2.27 bits per heavy atom. The number of hydrogen-bond acceptors (Lipinski definition) is 5. The molecule has 0 aromatic heterocycles. The number of methoxy groups -OCH3 is 1. The molecule has 1 amide bonds. The van der Waals surface area contributed by atoms with E-state index in [2.05, 4.69) is 38.5 Å². The minimum Gasteiger partial charge on any atom is -0.493 e. The third kappa shape index (κ3) is 7.16. The Morgan fingerprint density at radius 2 is 1.60 bits per heavy atom. The van der Waals surface area contributed by atoms with E-state index >= 15 is 0 Å². The van der Waals surface area contributed by atoms with Crippen LogP contribution in [0.5, 0.6) is 11.5 Å². The Kier molecular flexibility index (Phi) is 9.62. The van der Waals surface area contributed by atoms with Crippen molar-refractivity contribution in [1.82, 2.24) is 4.90 Å². The van der Waals surface area contributed by atoms with Gasteiger partial charge in [-0.25, -0.2) is 0 Å². The van der Waals surface area contributed by atoms with Crippen molar-refractivity contribution in [2.45, 2.75) is 19.7 Å². The summed E-state index contributed by atoms with van der Waals surface area (Å²) in [6.07, 6.45) is 1.90. The molecule has 0 unspecified atom stereocenters. The maximum atomic E-state index is 13.6. The van der Waals surface area contributed by atoms with Gasteiger partial charge in [-0.05, 0) is 86.9 Å². The lowest BCUT2D eigenvalue weighted by Crippen LogP contribution is -2.28. The highest BCUT2D eigenvalue weighted by atomic mass is 127. The molecule has 0 radical (unpaired) electrons. The second kappa shape index (κ2) is 13.5. The predicted octanol–water partition coefficient (Wildman–Crippen LogP) is 8.31. The molecule has 1 heterocycles. The van der Waals surface area contributed by atoms with Crippen molar-refractivity contribution in [2.75, 3.05) is 7.11 Å². The second-order valence-electron chi connectivity index (χ2n) is 9.02. The fraction of sp³-hybridized carbons (Fsp3) is 0.125. The van der Waals surface area contributed by atoms with Crippen LogP contribution in [0.15, 0.2) is 111 Å². The fourth-order valence-electron chi connectivity index (χ4n) is 4.12. The molecule has 1 fully saturated rings. The zero-order chi connectivity index (χ0) is 27.9. The zero-order valence-corrected chi connectivity index (χ0v) is 26.3. The van der Waals surface area contributed by atoms with Crippen molar-refractivity contribution < 1.29 is 14.3 Å². The molecule has 4 aromatic rings. The Morgan fingerprint density at radius 1 is 0.925 bits per heavy atom. The van der Waals surface area contributed by atoms with Crippen LogP contribution < -0.4 is 9.47 Å². The first kappa shape index (κ1) is 28.4. The molecule has 0 aliphatic carbocycles. The largest absolute Gasteiger partial charge is 0.493 e. The topological polar surface area (TPSA) is 51.1 Å². The van der Waals surface area contributed by atoms with E-state index in [1.165, 1.54) is 11.8 Å². The van der Waals surface area contributed by atoms with Crippen LogP contribution in [-0.2, 0) is 24.5 Å². The summed E-state index contributed by atoms with van der Waals surface area (Å²) in [5.74, 6) is 1.23. The molecule has 0 saturated carbocycles. The van der Waals surface area contributed by atoms with E-state index in [4.69, 9.17) is 14.5 Å². The van der Waals surface area contributed by atoms with E-state index in [1.54, 1.807) is 12.0 Å². The first-order valence-corrected chi connectivity index (χ1v) is 15.3. The molecule has 1 aliphatic rings. The standard InChI is InChI=1S/C32H26BrIN2O3S/c1-38-28-17-25(16-27(34)30(28)39-21-24-12-14-26(33)15-13-24)18-29-31(37)36(20-23-10-6-3-7-11-23)32(40-29)35-19-22-8-4-2-5-9-22/h2-18H,19-21H2,1H3/b29-18-,35-32?. The number of nitrogens with zero attached hydrogens (tertiary/aromatic N) is 2.